The fraction of sp³-hybridized carbons (Fsp3) is 0.286. The van der Waals surface area contributed by atoms with Crippen LogP contribution in [0.25, 0.3) is 0 Å². The molecule has 0 heterocycles. The molecule has 4 nitrogen and oxygen atoms in total. The number of hydrogen-bond acceptors (Lipinski definition) is 2. The molecule has 2 N–H and O–H groups in total. The Morgan fingerprint density at radius 2 is 1.80 bits per heavy atom. The van der Waals surface area contributed by atoms with Gasteiger partial charge in [0, 0.05) is 0 Å². The summed E-state index contributed by atoms with van der Waals surface area (Å²) in [4.78, 5) is 23.4. The second-order valence-electron chi connectivity index (χ2n) is 4.58. The standard InChI is InChI=1S/C14H13Cl2NO3/c15-10-6-3-7-11(12(10)16)17-13(18)8-4-1-2-5-9(8)14(19)20/h1-3,6-9H,4-5H2,(H,17,18)(H,19,20)/t8-,9-/m0/s1. The molecule has 0 radical (unpaired) electrons. The number of carbonyl (C=O) groups excluding carboxylic acids is 1. The smallest absolute Gasteiger partial charge is 0.307 e. The number of allylic oxidation sites excluding steroid dienone is 2. The van der Waals surface area contributed by atoms with Crippen LogP contribution in [0.4, 0.5) is 5.69 Å². The van der Waals surface area contributed by atoms with Crippen LogP contribution in [0.15, 0.2) is 30.4 Å². The summed E-state index contributed by atoms with van der Waals surface area (Å²) in [5.74, 6) is -2.64. The van der Waals surface area contributed by atoms with Crippen LogP contribution in [0.5, 0.6) is 0 Å². The summed E-state index contributed by atoms with van der Waals surface area (Å²) < 4.78 is 0. The number of nitrogens with one attached hydrogen (secondary N) is 1. The lowest BCUT2D eigenvalue weighted by atomic mass is 9.82. The number of benzene rings is 1. The van der Waals surface area contributed by atoms with Crippen molar-refractivity contribution in [1.29, 1.82) is 0 Å². The van der Waals surface area contributed by atoms with Crippen LogP contribution in [0, 0.1) is 11.8 Å². The molecule has 2 rings (SSSR count). The molecule has 0 aliphatic heterocycles. The first-order valence-electron chi connectivity index (χ1n) is 6.13. The summed E-state index contributed by atoms with van der Waals surface area (Å²) in [6.45, 7) is 0. The first-order valence-corrected chi connectivity index (χ1v) is 6.89. The third-order valence-corrected chi connectivity index (χ3v) is 4.11. The van der Waals surface area contributed by atoms with E-state index in [2.05, 4.69) is 5.32 Å². The molecular weight excluding hydrogens is 301 g/mol. The van der Waals surface area contributed by atoms with Gasteiger partial charge in [0.05, 0.1) is 27.6 Å². The number of amides is 1. The van der Waals surface area contributed by atoms with Crippen molar-refractivity contribution in [3.05, 3.63) is 40.4 Å². The van der Waals surface area contributed by atoms with Crippen LogP contribution in [0.1, 0.15) is 12.8 Å². The molecule has 0 saturated heterocycles. The first kappa shape index (κ1) is 14.9. The van der Waals surface area contributed by atoms with Crippen LogP contribution in [0.3, 0.4) is 0 Å². The molecule has 0 fully saturated rings. The molecule has 6 heteroatoms. The van der Waals surface area contributed by atoms with Crippen LogP contribution in [-0.2, 0) is 9.59 Å². The fourth-order valence-corrected chi connectivity index (χ4v) is 2.55. The minimum atomic E-state index is -0.966. The second-order valence-corrected chi connectivity index (χ2v) is 5.37. The van der Waals surface area contributed by atoms with Crippen molar-refractivity contribution in [3.63, 3.8) is 0 Å². The van der Waals surface area contributed by atoms with E-state index in [1.807, 2.05) is 6.08 Å². The van der Waals surface area contributed by atoms with Crippen molar-refractivity contribution in [2.75, 3.05) is 5.32 Å². The largest absolute Gasteiger partial charge is 0.481 e. The third kappa shape index (κ3) is 3.14. The lowest BCUT2D eigenvalue weighted by molar-refractivity contribution is -0.146. The van der Waals surface area contributed by atoms with E-state index in [0.717, 1.165) is 0 Å². The monoisotopic (exact) mass is 313 g/mol. The van der Waals surface area contributed by atoms with E-state index < -0.39 is 17.8 Å². The van der Waals surface area contributed by atoms with Gasteiger partial charge in [0.1, 0.15) is 0 Å². The molecule has 1 aliphatic carbocycles. The molecule has 0 aromatic heterocycles. The molecule has 1 aromatic rings. The van der Waals surface area contributed by atoms with E-state index in [9.17, 15) is 9.59 Å². The average molecular weight is 314 g/mol. The molecule has 1 aromatic carbocycles. The summed E-state index contributed by atoms with van der Waals surface area (Å²) in [7, 11) is 0. The highest BCUT2D eigenvalue weighted by Crippen LogP contribution is 2.32. The van der Waals surface area contributed by atoms with Crippen LogP contribution in [-0.4, -0.2) is 17.0 Å². The zero-order valence-electron chi connectivity index (χ0n) is 10.5. The van der Waals surface area contributed by atoms with Crippen molar-refractivity contribution >= 4 is 40.8 Å². The first-order chi connectivity index (χ1) is 9.50. The molecule has 20 heavy (non-hydrogen) atoms. The number of carboxylic acids is 1. The number of rotatable bonds is 3. The summed E-state index contributed by atoms with van der Waals surface area (Å²) in [6, 6.07) is 4.91. The highest BCUT2D eigenvalue weighted by Gasteiger charge is 2.34. The summed E-state index contributed by atoms with van der Waals surface area (Å²) in [5.41, 5.74) is 0.392. The lowest BCUT2D eigenvalue weighted by Gasteiger charge is -2.24. The van der Waals surface area contributed by atoms with E-state index in [1.165, 1.54) is 0 Å². The normalized spacial score (nSPS) is 21.5. The Morgan fingerprint density at radius 1 is 1.15 bits per heavy atom. The zero-order valence-corrected chi connectivity index (χ0v) is 12.0. The SMILES string of the molecule is O=C(O)[C@H]1CC=CC[C@@H]1C(=O)Nc1cccc(Cl)c1Cl. The van der Waals surface area contributed by atoms with Gasteiger partial charge < -0.3 is 10.4 Å². The number of halogens is 2. The molecule has 0 spiro atoms. The summed E-state index contributed by atoms with van der Waals surface area (Å²) >= 11 is 11.9. The van der Waals surface area contributed by atoms with E-state index in [-0.39, 0.29) is 10.9 Å². The second kappa shape index (κ2) is 6.29. The predicted octanol–water partition coefficient (Wildman–Crippen LogP) is 3.60. The Kier molecular flexibility index (Phi) is 4.68. The Hall–Kier alpha value is -1.52. The fourth-order valence-electron chi connectivity index (χ4n) is 2.20. The van der Waals surface area contributed by atoms with Crippen LogP contribution in [0.2, 0.25) is 10.0 Å². The van der Waals surface area contributed by atoms with Gasteiger partial charge in [-0.15, -0.1) is 0 Å². The van der Waals surface area contributed by atoms with Crippen LogP contribution >= 0.6 is 23.2 Å². The molecule has 0 unspecified atom stereocenters. The third-order valence-electron chi connectivity index (χ3n) is 3.30. The molecule has 1 amide bonds. The van der Waals surface area contributed by atoms with Crippen LogP contribution < -0.4 is 5.32 Å². The van der Waals surface area contributed by atoms with Gasteiger partial charge in [-0.2, -0.15) is 0 Å². The Morgan fingerprint density at radius 3 is 2.45 bits per heavy atom. The summed E-state index contributed by atoms with van der Waals surface area (Å²) in [6.07, 6.45) is 4.37. The maximum atomic E-state index is 12.2. The van der Waals surface area contributed by atoms with Gasteiger partial charge in [-0.25, -0.2) is 0 Å². The topological polar surface area (TPSA) is 66.4 Å². The molecule has 0 bridgehead atoms. The highest BCUT2D eigenvalue weighted by atomic mass is 35.5. The number of anilines is 1. The predicted molar refractivity (Wildman–Crippen MR) is 78.1 cm³/mol. The number of carboxylic acid groups (broad SMARTS) is 1. The van der Waals surface area contributed by atoms with Gasteiger partial charge >= 0.3 is 5.97 Å². The maximum Gasteiger partial charge on any atom is 0.307 e. The van der Waals surface area contributed by atoms with Crippen molar-refractivity contribution in [2.24, 2.45) is 11.8 Å². The van der Waals surface area contributed by atoms with Gasteiger partial charge in [0.25, 0.3) is 0 Å². The quantitative estimate of drug-likeness (QED) is 0.838. The lowest BCUT2D eigenvalue weighted by Crippen LogP contribution is -2.34. The average Bonchev–Trinajstić information content (AvgIpc) is 2.43. The van der Waals surface area contributed by atoms with Crippen molar-refractivity contribution in [2.45, 2.75) is 12.8 Å². The highest BCUT2D eigenvalue weighted by molar-refractivity contribution is 6.44. The number of carbonyl (C=O) groups is 2. The summed E-state index contributed by atoms with van der Waals surface area (Å²) in [5, 5.41) is 12.4. The Balaban J connectivity index is 2.17. The minimum absolute atomic E-state index is 0.251. The van der Waals surface area contributed by atoms with Crippen molar-refractivity contribution in [3.8, 4) is 0 Å². The minimum Gasteiger partial charge on any atom is -0.481 e. The van der Waals surface area contributed by atoms with E-state index in [1.54, 1.807) is 24.3 Å². The van der Waals surface area contributed by atoms with E-state index in [0.29, 0.717) is 23.6 Å². The Bertz CT molecular complexity index is 572. The molecular formula is C14H13Cl2NO3. The maximum absolute atomic E-state index is 12.2. The molecule has 1 aliphatic rings. The van der Waals surface area contributed by atoms with Crippen molar-refractivity contribution < 1.29 is 14.7 Å². The van der Waals surface area contributed by atoms with Gasteiger partial charge in [0.15, 0.2) is 0 Å². The number of aliphatic carboxylic acids is 1. The van der Waals surface area contributed by atoms with E-state index in [4.69, 9.17) is 28.3 Å². The van der Waals surface area contributed by atoms with Gasteiger partial charge in [-0.3, -0.25) is 9.59 Å². The van der Waals surface area contributed by atoms with Gasteiger partial charge in [-0.1, -0.05) is 41.4 Å². The van der Waals surface area contributed by atoms with Crippen molar-refractivity contribution in [1.82, 2.24) is 0 Å². The zero-order chi connectivity index (χ0) is 14.7. The molecule has 2 atom stereocenters. The molecule has 106 valence electrons. The Labute approximate surface area is 126 Å². The van der Waals surface area contributed by atoms with E-state index >= 15 is 0 Å². The van der Waals surface area contributed by atoms with Gasteiger partial charge in [0.2, 0.25) is 5.91 Å². The molecule has 0 saturated carbocycles. The number of hydrogen-bond donors (Lipinski definition) is 2. The van der Waals surface area contributed by atoms with Gasteiger partial charge in [-0.05, 0) is 25.0 Å².